The van der Waals surface area contributed by atoms with Crippen LogP contribution in [-0.4, -0.2) is 8.07 Å². The van der Waals surface area contributed by atoms with Crippen molar-refractivity contribution in [3.05, 3.63) is 65.9 Å². The van der Waals surface area contributed by atoms with Crippen molar-refractivity contribution in [1.29, 1.82) is 0 Å². The second-order valence-electron chi connectivity index (χ2n) is 4.86. The van der Waals surface area contributed by atoms with E-state index >= 15 is 0 Å². The van der Waals surface area contributed by atoms with Gasteiger partial charge in [0.1, 0.15) is 0 Å². The first kappa shape index (κ1) is 11.2. The third-order valence-corrected chi connectivity index (χ3v) is 6.24. The monoisotopic (exact) mass is 226 g/mol. The summed E-state index contributed by atoms with van der Waals surface area (Å²) < 4.78 is 0. The number of rotatable bonds is 3. The van der Waals surface area contributed by atoms with Crippen molar-refractivity contribution in [3.63, 3.8) is 0 Å². The molecular formula is C15H18Si. The summed E-state index contributed by atoms with van der Waals surface area (Å²) in [7, 11) is -1.31. The Bertz CT molecular complexity index is 412. The van der Waals surface area contributed by atoms with Gasteiger partial charge in [-0.15, -0.1) is 0 Å². The Hall–Kier alpha value is -1.34. The zero-order chi connectivity index (χ0) is 11.4. The molecule has 0 aromatic heterocycles. The lowest BCUT2D eigenvalue weighted by atomic mass is 10.2. The number of allylic oxidation sites excluding steroid dienone is 4. The molecule has 0 radical (unpaired) electrons. The van der Waals surface area contributed by atoms with E-state index < -0.39 is 8.07 Å². The van der Waals surface area contributed by atoms with Crippen LogP contribution >= 0.6 is 0 Å². The highest BCUT2D eigenvalue weighted by Gasteiger charge is 2.25. The van der Waals surface area contributed by atoms with Gasteiger partial charge in [0.15, 0.2) is 0 Å². The van der Waals surface area contributed by atoms with E-state index in [1.54, 1.807) is 0 Å². The highest BCUT2D eigenvalue weighted by atomic mass is 28.3. The average molecular weight is 226 g/mol. The smallest absolute Gasteiger partial charge is 0.0824 e. The van der Waals surface area contributed by atoms with Crippen LogP contribution in [0.3, 0.4) is 0 Å². The second kappa shape index (κ2) is 4.66. The minimum Gasteiger partial charge on any atom is -0.0933 e. The molecule has 2 rings (SSSR count). The van der Waals surface area contributed by atoms with Gasteiger partial charge in [0.05, 0.1) is 8.07 Å². The Labute approximate surface area is 99.0 Å². The lowest BCUT2D eigenvalue weighted by Gasteiger charge is -2.22. The van der Waals surface area contributed by atoms with E-state index in [0.29, 0.717) is 5.54 Å². The molecule has 0 aliphatic heterocycles. The van der Waals surface area contributed by atoms with Gasteiger partial charge in [0.25, 0.3) is 0 Å². The van der Waals surface area contributed by atoms with Gasteiger partial charge in [0, 0.05) is 0 Å². The summed E-state index contributed by atoms with van der Waals surface area (Å²) >= 11 is 0. The van der Waals surface area contributed by atoms with Gasteiger partial charge in [-0.05, 0) is 11.1 Å². The molecule has 82 valence electrons. The normalized spacial score (nSPS) is 16.4. The highest BCUT2D eigenvalue weighted by Crippen LogP contribution is 2.29. The van der Waals surface area contributed by atoms with Crippen LogP contribution in [0.2, 0.25) is 18.6 Å². The van der Waals surface area contributed by atoms with Gasteiger partial charge < -0.3 is 0 Å². The Balaban J connectivity index is 2.11. The van der Waals surface area contributed by atoms with Crippen molar-refractivity contribution in [3.8, 4) is 0 Å². The van der Waals surface area contributed by atoms with E-state index in [9.17, 15) is 0 Å². The Morgan fingerprint density at radius 2 is 1.62 bits per heavy atom. The molecule has 0 unspecified atom stereocenters. The molecule has 0 spiro atoms. The molecule has 0 bridgehead atoms. The molecule has 0 atom stereocenters. The van der Waals surface area contributed by atoms with Crippen LogP contribution in [0.5, 0.6) is 0 Å². The predicted molar refractivity (Wildman–Crippen MR) is 75.0 cm³/mol. The van der Waals surface area contributed by atoms with E-state index in [1.165, 1.54) is 5.56 Å². The number of hydrogen-bond donors (Lipinski definition) is 0. The lowest BCUT2D eigenvalue weighted by Crippen LogP contribution is -2.27. The fourth-order valence-electron chi connectivity index (χ4n) is 1.91. The molecule has 0 amide bonds. The Kier molecular flexibility index (Phi) is 3.25. The molecule has 1 aromatic rings. The first-order valence-corrected chi connectivity index (χ1v) is 8.93. The molecular weight excluding hydrogens is 208 g/mol. The average Bonchev–Trinajstić information content (AvgIpc) is 2.82. The fraction of sp³-hybridized carbons (Fsp3) is 0.200. The van der Waals surface area contributed by atoms with Crippen LogP contribution in [0.1, 0.15) is 5.56 Å². The number of hydrogen-bond acceptors (Lipinski definition) is 0. The van der Waals surface area contributed by atoms with Gasteiger partial charge in [-0.1, -0.05) is 79.5 Å². The zero-order valence-corrected chi connectivity index (χ0v) is 10.9. The quantitative estimate of drug-likeness (QED) is 0.668. The van der Waals surface area contributed by atoms with E-state index in [1.807, 2.05) is 0 Å². The summed E-state index contributed by atoms with van der Waals surface area (Å²) in [6, 6.07) is 10.5. The molecule has 0 heterocycles. The third-order valence-electron chi connectivity index (χ3n) is 3.11. The minimum absolute atomic E-state index is 0.660. The molecule has 0 N–H and O–H groups in total. The summed E-state index contributed by atoms with van der Waals surface area (Å²) in [6.45, 7) is 4.83. The maximum atomic E-state index is 2.44. The first-order chi connectivity index (χ1) is 7.68. The van der Waals surface area contributed by atoms with Crippen molar-refractivity contribution in [2.75, 3.05) is 0 Å². The maximum Gasteiger partial charge on any atom is 0.0824 e. The Morgan fingerprint density at radius 1 is 1.00 bits per heavy atom. The summed E-state index contributed by atoms with van der Waals surface area (Å²) in [6.07, 6.45) is 11.2. The summed E-state index contributed by atoms with van der Waals surface area (Å²) in [5.41, 5.74) is 4.40. The van der Waals surface area contributed by atoms with Gasteiger partial charge in [0.2, 0.25) is 0 Å². The lowest BCUT2D eigenvalue weighted by molar-refractivity contribution is 1.31. The third kappa shape index (κ3) is 2.61. The first-order valence-electron chi connectivity index (χ1n) is 5.78. The second-order valence-corrected chi connectivity index (χ2v) is 9.50. The molecule has 0 fully saturated rings. The van der Waals surface area contributed by atoms with Crippen molar-refractivity contribution in [2.24, 2.45) is 0 Å². The predicted octanol–water partition coefficient (Wildman–Crippen LogP) is 4.44. The van der Waals surface area contributed by atoms with Crippen LogP contribution < -0.4 is 0 Å². The molecule has 16 heavy (non-hydrogen) atoms. The molecule has 1 aliphatic carbocycles. The topological polar surface area (TPSA) is 0 Å². The van der Waals surface area contributed by atoms with E-state index in [-0.39, 0.29) is 0 Å². The largest absolute Gasteiger partial charge is 0.0933 e. The standard InChI is InChI=1S/C15H18Si/c1-16(2,15-10-6-7-11-15)13-12-14-8-4-3-5-9-14/h3-13,15H,1-2H3/b13-12+. The highest BCUT2D eigenvalue weighted by molar-refractivity contribution is 6.85. The van der Waals surface area contributed by atoms with Crippen LogP contribution in [-0.2, 0) is 0 Å². The SMILES string of the molecule is C[Si](C)(/C=C/c1ccccc1)C1C=CC=C1. The molecule has 1 aliphatic rings. The van der Waals surface area contributed by atoms with Gasteiger partial charge >= 0.3 is 0 Å². The maximum absolute atomic E-state index is 2.44. The Morgan fingerprint density at radius 3 is 2.25 bits per heavy atom. The van der Waals surface area contributed by atoms with Crippen molar-refractivity contribution in [1.82, 2.24) is 0 Å². The van der Waals surface area contributed by atoms with Crippen LogP contribution in [0, 0.1) is 0 Å². The minimum atomic E-state index is -1.31. The molecule has 0 saturated heterocycles. The van der Waals surface area contributed by atoms with Crippen LogP contribution in [0.4, 0.5) is 0 Å². The van der Waals surface area contributed by atoms with E-state index in [2.05, 4.69) is 79.5 Å². The summed E-state index contributed by atoms with van der Waals surface area (Å²) in [5, 5.41) is 0. The van der Waals surface area contributed by atoms with Crippen molar-refractivity contribution >= 4 is 14.1 Å². The van der Waals surface area contributed by atoms with Gasteiger partial charge in [-0.2, -0.15) is 0 Å². The van der Waals surface area contributed by atoms with Crippen LogP contribution in [0.25, 0.3) is 6.08 Å². The fourth-order valence-corrected chi connectivity index (χ4v) is 3.97. The number of benzene rings is 1. The molecule has 1 aromatic carbocycles. The van der Waals surface area contributed by atoms with Gasteiger partial charge in [-0.25, -0.2) is 0 Å². The van der Waals surface area contributed by atoms with Crippen LogP contribution in [0.15, 0.2) is 60.3 Å². The zero-order valence-electron chi connectivity index (χ0n) is 9.93. The van der Waals surface area contributed by atoms with Gasteiger partial charge in [-0.3, -0.25) is 0 Å². The summed E-state index contributed by atoms with van der Waals surface area (Å²) in [4.78, 5) is 0. The molecule has 1 heteroatoms. The van der Waals surface area contributed by atoms with E-state index in [0.717, 1.165) is 0 Å². The summed E-state index contributed by atoms with van der Waals surface area (Å²) in [5.74, 6) is 0. The van der Waals surface area contributed by atoms with E-state index in [4.69, 9.17) is 0 Å². The molecule has 0 nitrogen and oxygen atoms in total. The molecule has 0 saturated carbocycles. The van der Waals surface area contributed by atoms with Crippen molar-refractivity contribution in [2.45, 2.75) is 18.6 Å². The van der Waals surface area contributed by atoms with Crippen molar-refractivity contribution < 1.29 is 0 Å².